The number of methoxy groups -OCH3 is 1. The molecule has 38 heavy (non-hydrogen) atoms. The van der Waals surface area contributed by atoms with Gasteiger partial charge in [0.2, 0.25) is 0 Å². The van der Waals surface area contributed by atoms with Crippen LogP contribution in [0.25, 0.3) is 6.08 Å². The van der Waals surface area contributed by atoms with Gasteiger partial charge in [-0.05, 0) is 61.7 Å². The Kier molecular flexibility index (Phi) is 9.02. The van der Waals surface area contributed by atoms with E-state index in [0.717, 1.165) is 24.2 Å². The van der Waals surface area contributed by atoms with Crippen LogP contribution in [0.4, 0.5) is 0 Å². The van der Waals surface area contributed by atoms with E-state index in [2.05, 4.69) is 11.9 Å². The standard InChI is InChI=1S/C29H32N2O6S/c1-5-8-15-37-21-12-9-19(10-13-21)16-25-27(32)31-26(22(28(33)34-4)18-30-29(31)38-25)20-11-14-23(35-6-2)24(17-20)36-7-3/h9-14,16-18,26H,5-8,15H2,1-4H3/b25-16-/t26-/m1/s1. The number of thiazole rings is 1. The van der Waals surface area contributed by atoms with Gasteiger partial charge in [-0.15, -0.1) is 0 Å². The topological polar surface area (TPSA) is 88.3 Å². The lowest BCUT2D eigenvalue weighted by atomic mass is 9.97. The third-order valence-electron chi connectivity index (χ3n) is 5.95. The summed E-state index contributed by atoms with van der Waals surface area (Å²) in [5.41, 5.74) is 1.56. The van der Waals surface area contributed by atoms with E-state index in [9.17, 15) is 9.59 Å². The van der Waals surface area contributed by atoms with E-state index in [1.165, 1.54) is 29.2 Å². The third-order valence-corrected chi connectivity index (χ3v) is 6.95. The fourth-order valence-electron chi connectivity index (χ4n) is 4.13. The minimum absolute atomic E-state index is 0.247. The number of aromatic nitrogens is 1. The summed E-state index contributed by atoms with van der Waals surface area (Å²) < 4.78 is 24.3. The predicted molar refractivity (Wildman–Crippen MR) is 147 cm³/mol. The van der Waals surface area contributed by atoms with Crippen LogP contribution >= 0.6 is 11.3 Å². The van der Waals surface area contributed by atoms with Crippen molar-refractivity contribution in [2.75, 3.05) is 26.9 Å². The molecule has 1 atom stereocenters. The molecule has 0 amide bonds. The second-order valence-corrected chi connectivity index (χ2v) is 9.53. The van der Waals surface area contributed by atoms with Gasteiger partial charge in [-0.2, -0.15) is 0 Å². The van der Waals surface area contributed by atoms with Gasteiger partial charge in [-0.25, -0.2) is 9.79 Å². The van der Waals surface area contributed by atoms with Gasteiger partial charge in [0, 0.05) is 6.20 Å². The Morgan fingerprint density at radius 3 is 2.45 bits per heavy atom. The van der Waals surface area contributed by atoms with Crippen LogP contribution in [0.5, 0.6) is 17.2 Å². The van der Waals surface area contributed by atoms with Crippen LogP contribution in [0.15, 0.2) is 64.0 Å². The Labute approximate surface area is 225 Å². The Morgan fingerprint density at radius 2 is 1.76 bits per heavy atom. The molecule has 2 heterocycles. The summed E-state index contributed by atoms with van der Waals surface area (Å²) in [4.78, 5) is 31.4. The van der Waals surface area contributed by atoms with E-state index in [1.807, 2.05) is 50.3 Å². The van der Waals surface area contributed by atoms with Crippen molar-refractivity contribution in [3.05, 3.63) is 85.1 Å². The SMILES string of the molecule is CCCCOc1ccc(/C=c2\sc3n(c2=O)[C@H](c2ccc(OCC)c(OCC)c2)C(C(=O)OC)=CN=3)cc1. The number of hydrogen-bond acceptors (Lipinski definition) is 8. The predicted octanol–water partition coefficient (Wildman–Crippen LogP) is 3.99. The number of fused-ring (bicyclic) bond motifs is 1. The minimum atomic E-state index is -0.731. The Bertz CT molecular complexity index is 1490. The van der Waals surface area contributed by atoms with Crippen molar-refractivity contribution < 1.29 is 23.7 Å². The molecule has 0 N–H and O–H groups in total. The minimum Gasteiger partial charge on any atom is -0.494 e. The van der Waals surface area contributed by atoms with Crippen molar-refractivity contribution in [3.8, 4) is 17.2 Å². The zero-order valence-corrected chi connectivity index (χ0v) is 22.9. The monoisotopic (exact) mass is 536 g/mol. The van der Waals surface area contributed by atoms with E-state index in [-0.39, 0.29) is 11.1 Å². The van der Waals surface area contributed by atoms with E-state index >= 15 is 0 Å². The van der Waals surface area contributed by atoms with Gasteiger partial charge in [-0.3, -0.25) is 9.36 Å². The van der Waals surface area contributed by atoms with Crippen LogP contribution in [0.3, 0.4) is 0 Å². The molecule has 0 aliphatic carbocycles. The molecule has 1 aromatic heterocycles. The number of hydrogen-bond donors (Lipinski definition) is 0. The summed E-state index contributed by atoms with van der Waals surface area (Å²) in [7, 11) is 1.31. The van der Waals surface area contributed by atoms with Gasteiger partial charge in [0.25, 0.3) is 5.56 Å². The first-order valence-electron chi connectivity index (χ1n) is 12.7. The van der Waals surface area contributed by atoms with Crippen LogP contribution in [0, 0.1) is 0 Å². The molecular weight excluding hydrogens is 504 g/mol. The zero-order chi connectivity index (χ0) is 27.1. The third kappa shape index (κ3) is 5.83. The number of carbonyl (C=O) groups is 1. The van der Waals surface area contributed by atoms with E-state index in [1.54, 1.807) is 12.1 Å². The van der Waals surface area contributed by atoms with Crippen molar-refractivity contribution in [2.24, 2.45) is 4.99 Å². The van der Waals surface area contributed by atoms with Crippen molar-refractivity contribution in [1.82, 2.24) is 4.57 Å². The summed E-state index contributed by atoms with van der Waals surface area (Å²) >= 11 is 1.27. The fourth-order valence-corrected chi connectivity index (χ4v) is 5.10. The van der Waals surface area contributed by atoms with Crippen LogP contribution in [-0.4, -0.2) is 37.5 Å². The highest BCUT2D eigenvalue weighted by atomic mass is 32.1. The maximum atomic E-state index is 13.7. The van der Waals surface area contributed by atoms with Gasteiger partial charge in [-0.1, -0.05) is 42.9 Å². The number of ether oxygens (including phenoxy) is 4. The molecule has 0 radical (unpaired) electrons. The lowest BCUT2D eigenvalue weighted by molar-refractivity contribution is -0.136. The van der Waals surface area contributed by atoms with Crippen molar-refractivity contribution in [1.29, 1.82) is 0 Å². The van der Waals surface area contributed by atoms with Gasteiger partial charge in [0.05, 0.1) is 43.1 Å². The molecule has 200 valence electrons. The van der Waals surface area contributed by atoms with Crippen LogP contribution < -0.4 is 29.1 Å². The Hall–Kier alpha value is -3.85. The first-order chi connectivity index (χ1) is 18.5. The molecule has 0 saturated heterocycles. The summed E-state index contributed by atoms with van der Waals surface area (Å²) in [5.74, 6) is 1.37. The van der Waals surface area contributed by atoms with Gasteiger partial charge >= 0.3 is 5.97 Å². The zero-order valence-electron chi connectivity index (χ0n) is 22.1. The number of benzene rings is 2. The highest BCUT2D eigenvalue weighted by molar-refractivity contribution is 7.07. The highest BCUT2D eigenvalue weighted by Gasteiger charge is 2.31. The van der Waals surface area contributed by atoms with E-state index < -0.39 is 12.0 Å². The summed E-state index contributed by atoms with van der Waals surface area (Å²) in [6.45, 7) is 7.49. The van der Waals surface area contributed by atoms with Crippen LogP contribution in [0.2, 0.25) is 0 Å². The second kappa shape index (κ2) is 12.6. The molecule has 0 unspecified atom stereocenters. The summed E-state index contributed by atoms with van der Waals surface area (Å²) in [5, 5.41) is 0. The largest absolute Gasteiger partial charge is 0.494 e. The molecule has 0 spiro atoms. The normalized spacial score (nSPS) is 14.8. The molecule has 0 saturated carbocycles. The average molecular weight is 537 g/mol. The first kappa shape index (κ1) is 27.2. The van der Waals surface area contributed by atoms with Crippen molar-refractivity contribution in [3.63, 3.8) is 0 Å². The molecule has 0 fully saturated rings. The fraction of sp³-hybridized carbons (Fsp3) is 0.345. The smallest absolute Gasteiger partial charge is 0.337 e. The Balaban J connectivity index is 1.78. The van der Waals surface area contributed by atoms with Crippen LogP contribution in [-0.2, 0) is 9.53 Å². The molecule has 3 aromatic rings. The molecule has 2 aromatic carbocycles. The maximum absolute atomic E-state index is 13.7. The summed E-state index contributed by atoms with van der Waals surface area (Å²) in [6.07, 6.45) is 5.37. The van der Waals surface area contributed by atoms with E-state index in [4.69, 9.17) is 18.9 Å². The lowest BCUT2D eigenvalue weighted by Crippen LogP contribution is -2.39. The van der Waals surface area contributed by atoms with E-state index in [0.29, 0.717) is 46.2 Å². The molecule has 1 aliphatic rings. The van der Waals surface area contributed by atoms with Gasteiger partial charge in [0.15, 0.2) is 16.3 Å². The number of nitrogens with zero attached hydrogens (tertiary/aromatic N) is 2. The number of esters is 1. The summed E-state index contributed by atoms with van der Waals surface area (Å²) in [6, 6.07) is 12.3. The Morgan fingerprint density at radius 1 is 1.03 bits per heavy atom. The lowest BCUT2D eigenvalue weighted by Gasteiger charge is -2.23. The molecule has 0 bridgehead atoms. The number of carbonyl (C=O) groups excluding carboxylic acids is 1. The number of rotatable bonds is 11. The molecule has 4 rings (SSSR count). The highest BCUT2D eigenvalue weighted by Crippen LogP contribution is 2.35. The second-order valence-electron chi connectivity index (χ2n) is 8.52. The van der Waals surface area contributed by atoms with Crippen molar-refractivity contribution >= 4 is 23.4 Å². The molecule has 1 aliphatic heterocycles. The maximum Gasteiger partial charge on any atom is 0.337 e. The van der Waals surface area contributed by atoms with Gasteiger partial charge in [0.1, 0.15) is 5.75 Å². The molecular formula is C29H32N2O6S. The average Bonchev–Trinajstić information content (AvgIpc) is 3.25. The molecule has 8 nitrogen and oxygen atoms in total. The first-order valence-corrected chi connectivity index (χ1v) is 13.5. The van der Waals surface area contributed by atoms with Crippen LogP contribution in [0.1, 0.15) is 50.8 Å². The van der Waals surface area contributed by atoms with Crippen molar-refractivity contribution in [2.45, 2.75) is 39.7 Å². The molecule has 9 heteroatoms. The van der Waals surface area contributed by atoms with Gasteiger partial charge < -0.3 is 18.9 Å². The number of unbranched alkanes of at least 4 members (excludes halogenated alkanes) is 1. The quantitative estimate of drug-likeness (QED) is 0.272.